The van der Waals surface area contributed by atoms with Gasteiger partial charge in [0.05, 0.1) is 9.85 Å². The van der Waals surface area contributed by atoms with Crippen molar-refractivity contribution >= 4 is 44.9 Å². The van der Waals surface area contributed by atoms with Crippen molar-refractivity contribution in [3.05, 3.63) is 80.9 Å². The van der Waals surface area contributed by atoms with Gasteiger partial charge in [0.15, 0.2) is 0 Å². The van der Waals surface area contributed by atoms with Gasteiger partial charge in [0.2, 0.25) is 11.5 Å². The van der Waals surface area contributed by atoms with Gasteiger partial charge < -0.3 is 9.47 Å². The number of hydrogen-bond acceptors (Lipinski definition) is 8. The summed E-state index contributed by atoms with van der Waals surface area (Å²) in [6.07, 6.45) is 0. The van der Waals surface area contributed by atoms with E-state index in [4.69, 9.17) is 9.47 Å². The van der Waals surface area contributed by atoms with Crippen molar-refractivity contribution in [2.24, 2.45) is 0 Å². The Labute approximate surface area is 191 Å². The van der Waals surface area contributed by atoms with Gasteiger partial charge >= 0.3 is 23.3 Å². The van der Waals surface area contributed by atoms with Crippen molar-refractivity contribution < 1.29 is 28.9 Å². The van der Waals surface area contributed by atoms with E-state index in [0.29, 0.717) is 21.5 Å². The highest BCUT2D eigenvalue weighted by Gasteiger charge is 2.32. The van der Waals surface area contributed by atoms with Crippen LogP contribution in [-0.2, 0) is 9.59 Å². The van der Waals surface area contributed by atoms with Gasteiger partial charge in [0.25, 0.3) is 0 Å². The number of esters is 2. The molecular formula is C24H16N2O8. The molecule has 10 heteroatoms. The van der Waals surface area contributed by atoms with E-state index in [2.05, 4.69) is 0 Å². The first kappa shape index (κ1) is 22.3. The molecule has 0 radical (unpaired) electrons. The summed E-state index contributed by atoms with van der Waals surface area (Å²) in [7, 11) is 0. The number of ether oxygens (including phenoxy) is 2. The van der Waals surface area contributed by atoms with E-state index in [1.165, 1.54) is 12.1 Å². The molecule has 170 valence electrons. The number of hydrogen-bond donors (Lipinski definition) is 0. The molecule has 0 fully saturated rings. The number of fused-ring (bicyclic) bond motifs is 2. The fourth-order valence-corrected chi connectivity index (χ4v) is 3.89. The molecule has 0 aliphatic carbocycles. The summed E-state index contributed by atoms with van der Waals surface area (Å²) in [5.41, 5.74) is -0.992. The maximum absolute atomic E-state index is 12.0. The molecule has 0 heterocycles. The van der Waals surface area contributed by atoms with Crippen molar-refractivity contribution in [2.45, 2.75) is 13.8 Å². The lowest BCUT2D eigenvalue weighted by atomic mass is 9.91. The maximum atomic E-state index is 12.0. The summed E-state index contributed by atoms with van der Waals surface area (Å²) in [6, 6.07) is 15.7. The van der Waals surface area contributed by atoms with Gasteiger partial charge in [-0.2, -0.15) is 0 Å². The van der Waals surface area contributed by atoms with Gasteiger partial charge in [-0.15, -0.1) is 0 Å². The molecule has 0 atom stereocenters. The fourth-order valence-electron chi connectivity index (χ4n) is 3.89. The highest BCUT2D eigenvalue weighted by molar-refractivity contribution is 6.13. The van der Waals surface area contributed by atoms with Crippen molar-refractivity contribution in [2.75, 3.05) is 0 Å². The number of nitrogens with zero attached hydrogens (tertiary/aromatic N) is 2. The number of nitro benzene ring substituents is 2. The monoisotopic (exact) mass is 460 g/mol. The van der Waals surface area contributed by atoms with Crippen LogP contribution in [0, 0.1) is 20.2 Å². The van der Waals surface area contributed by atoms with Gasteiger partial charge in [-0.05, 0) is 21.5 Å². The molecule has 4 rings (SSSR count). The third-order valence-corrected chi connectivity index (χ3v) is 5.10. The van der Waals surface area contributed by atoms with Gasteiger partial charge in [-0.1, -0.05) is 48.5 Å². The predicted octanol–water partition coefficient (Wildman–Crippen LogP) is 5.33. The van der Waals surface area contributed by atoms with Gasteiger partial charge in [-0.25, -0.2) is 0 Å². The second-order valence-electron chi connectivity index (χ2n) is 7.34. The van der Waals surface area contributed by atoms with Crippen molar-refractivity contribution in [1.82, 2.24) is 0 Å². The Bertz CT molecular complexity index is 1410. The highest BCUT2D eigenvalue weighted by Crippen LogP contribution is 2.52. The minimum Gasteiger partial charge on any atom is -0.419 e. The average molecular weight is 460 g/mol. The second kappa shape index (κ2) is 8.58. The minimum absolute atomic E-state index is 0.0242. The Morgan fingerprint density at radius 1 is 0.676 bits per heavy atom. The lowest BCUT2D eigenvalue weighted by Gasteiger charge is -2.18. The number of carbonyl (C=O) groups excluding carboxylic acids is 2. The average Bonchev–Trinajstić information content (AvgIpc) is 2.77. The number of rotatable bonds is 5. The summed E-state index contributed by atoms with van der Waals surface area (Å²) >= 11 is 0. The minimum atomic E-state index is -0.830. The Balaban J connectivity index is 2.33. The molecule has 4 aromatic rings. The van der Waals surface area contributed by atoms with Crippen LogP contribution in [-0.4, -0.2) is 21.8 Å². The summed E-state index contributed by atoms with van der Waals surface area (Å²) in [6.45, 7) is 2.17. The van der Waals surface area contributed by atoms with Crippen LogP contribution in [0.5, 0.6) is 11.5 Å². The quantitative estimate of drug-likeness (QED) is 0.169. The Hall–Kier alpha value is -4.86. The van der Waals surface area contributed by atoms with E-state index in [9.17, 15) is 29.8 Å². The Morgan fingerprint density at radius 2 is 1.03 bits per heavy atom. The molecule has 0 amide bonds. The van der Waals surface area contributed by atoms with Crippen LogP contribution in [0.25, 0.3) is 32.7 Å². The van der Waals surface area contributed by atoms with E-state index in [1.54, 1.807) is 48.5 Å². The summed E-state index contributed by atoms with van der Waals surface area (Å²) < 4.78 is 10.6. The molecule has 10 nitrogen and oxygen atoms in total. The molecule has 0 aliphatic rings. The maximum Gasteiger partial charge on any atom is 0.312 e. The normalized spacial score (nSPS) is 10.8. The number of benzene rings is 4. The zero-order chi connectivity index (χ0) is 24.6. The van der Waals surface area contributed by atoms with Crippen molar-refractivity contribution in [1.29, 1.82) is 0 Å². The van der Waals surface area contributed by atoms with Gasteiger partial charge in [-0.3, -0.25) is 29.8 Å². The standard InChI is InChI=1S/C24H16N2O8/c1-13(27)33-23-19(25(29)30)11-15-7-3-5-9-17(15)21(23)22-18-10-6-4-8-16(18)12-20(26(31)32)24(22)34-14(2)28/h3-12H,1-2H3. The number of carbonyl (C=O) groups is 2. The SMILES string of the molecule is CC(=O)Oc1c([N+](=O)[O-])cc2ccccc2c1-c1c(OC(C)=O)c([N+](=O)[O-])cc2ccccc12. The van der Waals surface area contributed by atoms with Crippen LogP contribution in [0.2, 0.25) is 0 Å². The molecule has 0 bridgehead atoms. The van der Waals surface area contributed by atoms with Crippen LogP contribution in [0.4, 0.5) is 11.4 Å². The molecule has 0 aromatic heterocycles. The summed E-state index contributed by atoms with van der Waals surface area (Å²) in [5, 5.41) is 25.6. The molecule has 0 saturated carbocycles. The first-order valence-corrected chi connectivity index (χ1v) is 9.96. The lowest BCUT2D eigenvalue weighted by molar-refractivity contribution is -0.385. The predicted molar refractivity (Wildman–Crippen MR) is 123 cm³/mol. The van der Waals surface area contributed by atoms with E-state index in [0.717, 1.165) is 13.8 Å². The molecular weight excluding hydrogens is 444 g/mol. The van der Waals surface area contributed by atoms with Crippen LogP contribution in [0.15, 0.2) is 60.7 Å². The van der Waals surface area contributed by atoms with E-state index in [1.807, 2.05) is 0 Å². The van der Waals surface area contributed by atoms with E-state index >= 15 is 0 Å². The number of nitro groups is 2. The van der Waals surface area contributed by atoms with E-state index < -0.39 is 44.7 Å². The Morgan fingerprint density at radius 3 is 1.35 bits per heavy atom. The van der Waals surface area contributed by atoms with Crippen LogP contribution >= 0.6 is 0 Å². The molecule has 0 spiro atoms. The highest BCUT2D eigenvalue weighted by atomic mass is 16.6. The third-order valence-electron chi connectivity index (χ3n) is 5.10. The lowest BCUT2D eigenvalue weighted by Crippen LogP contribution is -2.09. The summed E-state index contributed by atoms with van der Waals surface area (Å²) in [5.74, 6) is -2.47. The van der Waals surface area contributed by atoms with Gasteiger partial charge in [0, 0.05) is 37.1 Å². The van der Waals surface area contributed by atoms with Crippen molar-refractivity contribution in [3.63, 3.8) is 0 Å². The summed E-state index contributed by atoms with van der Waals surface area (Å²) in [4.78, 5) is 46.4. The smallest absolute Gasteiger partial charge is 0.312 e. The molecule has 0 saturated heterocycles. The Kier molecular flexibility index (Phi) is 5.64. The molecule has 4 aromatic carbocycles. The van der Waals surface area contributed by atoms with Crippen LogP contribution in [0.3, 0.4) is 0 Å². The van der Waals surface area contributed by atoms with Crippen molar-refractivity contribution in [3.8, 4) is 22.6 Å². The first-order valence-electron chi connectivity index (χ1n) is 9.96. The fraction of sp³-hybridized carbons (Fsp3) is 0.0833. The zero-order valence-electron chi connectivity index (χ0n) is 17.9. The second-order valence-corrected chi connectivity index (χ2v) is 7.34. The molecule has 0 N–H and O–H groups in total. The largest absolute Gasteiger partial charge is 0.419 e. The van der Waals surface area contributed by atoms with Gasteiger partial charge in [0.1, 0.15) is 0 Å². The zero-order valence-corrected chi connectivity index (χ0v) is 17.9. The van der Waals surface area contributed by atoms with E-state index in [-0.39, 0.29) is 11.1 Å². The molecule has 0 aliphatic heterocycles. The van der Waals surface area contributed by atoms with Crippen LogP contribution in [0.1, 0.15) is 13.8 Å². The molecule has 0 unspecified atom stereocenters. The topological polar surface area (TPSA) is 139 Å². The first-order chi connectivity index (χ1) is 16.2. The van der Waals surface area contributed by atoms with Crippen LogP contribution < -0.4 is 9.47 Å². The molecule has 34 heavy (non-hydrogen) atoms. The third kappa shape index (κ3) is 3.88.